The van der Waals surface area contributed by atoms with Crippen LogP contribution in [-0.4, -0.2) is 22.0 Å². The first-order valence-electron chi connectivity index (χ1n) is 7.15. The van der Waals surface area contributed by atoms with Crippen molar-refractivity contribution in [2.24, 2.45) is 0 Å². The van der Waals surface area contributed by atoms with E-state index in [1.165, 1.54) is 4.90 Å². The van der Waals surface area contributed by atoms with E-state index >= 15 is 0 Å². The largest absolute Gasteiger partial charge is 0.361 e. The number of aromatic nitrogens is 1. The molecule has 1 aliphatic heterocycles. The molecule has 2 aromatic rings. The van der Waals surface area contributed by atoms with Gasteiger partial charge in [-0.3, -0.25) is 9.69 Å². The van der Waals surface area contributed by atoms with Gasteiger partial charge >= 0.3 is 6.03 Å². The van der Waals surface area contributed by atoms with Crippen LogP contribution in [0.15, 0.2) is 33.3 Å². The van der Waals surface area contributed by atoms with Gasteiger partial charge in [-0.15, -0.1) is 0 Å². The maximum absolute atomic E-state index is 12.9. The Morgan fingerprint density at radius 2 is 2.09 bits per heavy atom. The van der Waals surface area contributed by atoms with Crippen LogP contribution >= 0.6 is 15.9 Å². The molecule has 0 bridgehead atoms. The minimum Gasteiger partial charge on any atom is -0.361 e. The van der Waals surface area contributed by atoms with E-state index in [0.717, 1.165) is 15.6 Å². The fraction of sp³-hybridized carbons (Fsp3) is 0.312. The average Bonchev–Trinajstić information content (AvgIpc) is 2.93. The monoisotopic (exact) mass is 377 g/mol. The van der Waals surface area contributed by atoms with Crippen LogP contribution in [0.4, 0.5) is 4.79 Å². The molecule has 0 saturated carbocycles. The number of aryl methyl sites for hydroxylation is 2. The summed E-state index contributed by atoms with van der Waals surface area (Å²) < 4.78 is 5.95. The van der Waals surface area contributed by atoms with E-state index in [-0.39, 0.29) is 12.5 Å². The number of nitrogens with one attached hydrogen (secondary N) is 1. The number of carbonyl (C=O) groups is 2. The van der Waals surface area contributed by atoms with Gasteiger partial charge in [-0.05, 0) is 38.5 Å². The summed E-state index contributed by atoms with van der Waals surface area (Å²) in [6, 6.07) is 6.94. The number of carbonyl (C=O) groups excluding carboxylic acids is 2. The lowest BCUT2D eigenvalue weighted by Crippen LogP contribution is -2.40. The molecule has 1 aliphatic rings. The molecule has 6 nitrogen and oxygen atoms in total. The summed E-state index contributed by atoms with van der Waals surface area (Å²) in [5.41, 5.74) is 1.08. The molecule has 1 atom stereocenters. The highest BCUT2D eigenvalue weighted by atomic mass is 79.9. The first kappa shape index (κ1) is 15.7. The highest BCUT2D eigenvalue weighted by molar-refractivity contribution is 9.10. The van der Waals surface area contributed by atoms with Crippen molar-refractivity contribution in [3.63, 3.8) is 0 Å². The smallest absolute Gasteiger partial charge is 0.325 e. The predicted molar refractivity (Wildman–Crippen MR) is 86.6 cm³/mol. The van der Waals surface area contributed by atoms with Gasteiger partial charge in [0.15, 0.2) is 0 Å². The Balaban J connectivity index is 1.94. The predicted octanol–water partition coefficient (Wildman–Crippen LogP) is 3.02. The van der Waals surface area contributed by atoms with E-state index in [1.807, 2.05) is 24.3 Å². The first-order valence-corrected chi connectivity index (χ1v) is 7.94. The van der Waals surface area contributed by atoms with Crippen molar-refractivity contribution in [2.75, 3.05) is 0 Å². The molecule has 3 rings (SSSR count). The normalized spacial score (nSPS) is 21.0. The molecule has 1 N–H and O–H groups in total. The molecule has 1 aromatic carbocycles. The number of nitrogens with zero attached hydrogens (tertiary/aromatic N) is 2. The van der Waals surface area contributed by atoms with E-state index < -0.39 is 11.6 Å². The van der Waals surface area contributed by atoms with Crippen molar-refractivity contribution < 1.29 is 14.1 Å². The Morgan fingerprint density at radius 1 is 1.35 bits per heavy atom. The fourth-order valence-corrected chi connectivity index (χ4v) is 3.12. The number of hydrogen-bond acceptors (Lipinski definition) is 4. The van der Waals surface area contributed by atoms with Crippen molar-refractivity contribution in [1.82, 2.24) is 15.4 Å². The molecule has 2 heterocycles. The van der Waals surface area contributed by atoms with Crippen LogP contribution in [0, 0.1) is 13.8 Å². The molecule has 1 saturated heterocycles. The van der Waals surface area contributed by atoms with Crippen LogP contribution in [0.2, 0.25) is 0 Å². The van der Waals surface area contributed by atoms with Gasteiger partial charge in [0, 0.05) is 10.0 Å². The van der Waals surface area contributed by atoms with Crippen LogP contribution in [0.25, 0.3) is 0 Å². The number of halogens is 1. The number of rotatable bonds is 3. The SMILES string of the molecule is Cc1noc(C)c1CN1C(=O)NC(C)(c2cccc(Br)c2)C1=O. The third kappa shape index (κ3) is 2.55. The summed E-state index contributed by atoms with van der Waals surface area (Å²) in [5.74, 6) is 0.319. The zero-order chi connectivity index (χ0) is 16.8. The van der Waals surface area contributed by atoms with E-state index in [4.69, 9.17) is 4.52 Å². The fourth-order valence-electron chi connectivity index (χ4n) is 2.72. The van der Waals surface area contributed by atoms with E-state index in [0.29, 0.717) is 11.5 Å². The molecule has 23 heavy (non-hydrogen) atoms. The summed E-state index contributed by atoms with van der Waals surface area (Å²) >= 11 is 3.39. The van der Waals surface area contributed by atoms with Gasteiger partial charge in [0.05, 0.1) is 12.2 Å². The highest BCUT2D eigenvalue weighted by Crippen LogP contribution is 2.31. The second kappa shape index (κ2) is 5.49. The maximum atomic E-state index is 12.9. The zero-order valence-corrected chi connectivity index (χ0v) is 14.6. The van der Waals surface area contributed by atoms with Gasteiger partial charge in [0.1, 0.15) is 11.3 Å². The van der Waals surface area contributed by atoms with Gasteiger partial charge in [0.25, 0.3) is 5.91 Å². The van der Waals surface area contributed by atoms with Crippen molar-refractivity contribution in [3.05, 3.63) is 51.3 Å². The molecule has 0 radical (unpaired) electrons. The Hall–Kier alpha value is -2.15. The van der Waals surface area contributed by atoms with Crippen LogP contribution in [0.1, 0.15) is 29.5 Å². The summed E-state index contributed by atoms with van der Waals surface area (Å²) in [4.78, 5) is 26.4. The van der Waals surface area contributed by atoms with E-state index in [2.05, 4.69) is 26.4 Å². The topological polar surface area (TPSA) is 75.4 Å². The summed E-state index contributed by atoms with van der Waals surface area (Å²) in [6.45, 7) is 5.41. The molecule has 0 spiro atoms. The van der Waals surface area contributed by atoms with E-state index in [9.17, 15) is 9.59 Å². The second-order valence-corrected chi connectivity index (χ2v) is 6.68. The van der Waals surface area contributed by atoms with Gasteiger partial charge in [-0.1, -0.05) is 33.2 Å². The number of amides is 3. The first-order chi connectivity index (χ1) is 10.8. The van der Waals surface area contributed by atoms with Crippen LogP contribution in [0.3, 0.4) is 0 Å². The molecule has 3 amide bonds. The molecule has 120 valence electrons. The van der Waals surface area contributed by atoms with Crippen molar-refractivity contribution >= 4 is 27.9 Å². The van der Waals surface area contributed by atoms with Crippen molar-refractivity contribution in [1.29, 1.82) is 0 Å². The van der Waals surface area contributed by atoms with Gasteiger partial charge in [-0.2, -0.15) is 0 Å². The Kier molecular flexibility index (Phi) is 3.75. The number of imide groups is 1. The zero-order valence-electron chi connectivity index (χ0n) is 13.0. The number of benzene rings is 1. The minimum absolute atomic E-state index is 0.148. The van der Waals surface area contributed by atoms with Crippen LogP contribution in [0.5, 0.6) is 0 Å². The molecule has 1 fully saturated rings. The summed E-state index contributed by atoms with van der Waals surface area (Å²) in [5, 5.41) is 6.65. The van der Waals surface area contributed by atoms with Crippen LogP contribution < -0.4 is 5.32 Å². The Morgan fingerprint density at radius 3 is 2.70 bits per heavy atom. The Labute approximate surface area is 142 Å². The Bertz CT molecular complexity index is 782. The summed E-state index contributed by atoms with van der Waals surface area (Å²) in [7, 11) is 0. The molecular formula is C16H16BrN3O3. The molecular weight excluding hydrogens is 362 g/mol. The lowest BCUT2D eigenvalue weighted by molar-refractivity contribution is -0.131. The minimum atomic E-state index is -1.08. The van der Waals surface area contributed by atoms with Crippen molar-refractivity contribution in [3.8, 4) is 0 Å². The third-order valence-corrected chi connectivity index (χ3v) is 4.67. The molecule has 1 unspecified atom stereocenters. The quantitative estimate of drug-likeness (QED) is 0.834. The van der Waals surface area contributed by atoms with Gasteiger partial charge in [-0.25, -0.2) is 4.79 Å². The van der Waals surface area contributed by atoms with E-state index in [1.54, 1.807) is 20.8 Å². The standard InChI is InChI=1S/C16H16BrN3O3/c1-9-13(10(2)23-19-9)8-20-14(21)16(3,18-15(20)22)11-5-4-6-12(17)7-11/h4-7H,8H2,1-3H3,(H,18,22). The van der Waals surface area contributed by atoms with Gasteiger partial charge in [0.2, 0.25) is 0 Å². The maximum Gasteiger partial charge on any atom is 0.325 e. The number of urea groups is 1. The second-order valence-electron chi connectivity index (χ2n) is 5.76. The summed E-state index contributed by atoms with van der Waals surface area (Å²) in [6.07, 6.45) is 0. The van der Waals surface area contributed by atoms with Crippen LogP contribution in [-0.2, 0) is 16.9 Å². The lowest BCUT2D eigenvalue weighted by atomic mass is 9.92. The lowest BCUT2D eigenvalue weighted by Gasteiger charge is -2.22. The molecule has 0 aliphatic carbocycles. The highest BCUT2D eigenvalue weighted by Gasteiger charge is 2.49. The number of hydrogen-bond donors (Lipinski definition) is 1. The average molecular weight is 378 g/mol. The molecule has 7 heteroatoms. The molecule has 1 aromatic heterocycles. The third-order valence-electron chi connectivity index (χ3n) is 4.17. The van der Waals surface area contributed by atoms with Crippen molar-refractivity contribution in [2.45, 2.75) is 32.9 Å². The van der Waals surface area contributed by atoms with Gasteiger partial charge < -0.3 is 9.84 Å².